The van der Waals surface area contributed by atoms with Crippen molar-refractivity contribution in [2.24, 2.45) is 0 Å². The molecule has 116 heavy (non-hydrogen) atoms. The van der Waals surface area contributed by atoms with Crippen LogP contribution in [0.25, 0.3) is 112 Å². The topological polar surface area (TPSA) is 139 Å². The van der Waals surface area contributed by atoms with Crippen LogP contribution >= 0.6 is 0 Å². The van der Waals surface area contributed by atoms with Crippen molar-refractivity contribution in [1.82, 2.24) is 24.9 Å². The second-order valence-corrected chi connectivity index (χ2v) is 26.6. The number of benzene rings is 10. The van der Waals surface area contributed by atoms with Gasteiger partial charge in [0, 0.05) is 144 Å². The Morgan fingerprint density at radius 1 is 0.259 bits per heavy atom. The SMILES string of the molecule is CC(=O)C=C(C)O.CC(=O)C=C(C)O.Cc1c[c-]c(-c2cc(-c3ccccc3)ccn2)cc1.Cc1c[c-]c(-c2cc(-c3ccccc3)ccn2)cc1.Cc1cc(C)cc(-c2ccnc(-c3[c-]cccc3)c2)c1.Cc1cc[c-]c(-c2cc(-c3ccccc3)ccn2)c1.Cc1ccc(-c2ccnc(-c3[c-]cccc3)c2)cc1C.[Ir].[Ir].[Ir].[Ir].[Ir]. The number of aliphatic hydroxyl groups excluding tert-OH is 2. The van der Waals surface area contributed by atoms with Crippen molar-refractivity contribution in [3.05, 3.63) is 415 Å². The molecule has 0 aliphatic heterocycles. The third kappa shape index (κ3) is 32.7. The fraction of sp³-hybridized carbons (Fsp3) is 0.108. The quantitative estimate of drug-likeness (QED) is 0.0695. The standard InChI is InChI=1S/2C19H16N.3C18H14N.2C5H8O2.5Ir/c1-14-10-15(2)12-18(11-14)17-8-9-20-19(13-17)16-6-4-3-5-7-16;1-14-8-9-17(12-15(14)2)18-10-11-20-19(13-18)16-6-4-3-5-7-16;1-14-6-5-9-17(12-14)18-13-16(10-11-19-18)15-7-3-2-4-8-15;2*1-14-7-9-16(10-8-14)18-13-17(11-12-19-18)15-5-3-2-4-6-15;2*1-4(6)3-5(2)7;;;;;/h2*3-6,8-13H,1-2H3;2-8,10-13H,1H3;2*2-9,11-13H,1H3;2*3,6H,1-2H3;;;;;/q5*-1;;;;;;;. The molecule has 0 amide bonds. The summed E-state index contributed by atoms with van der Waals surface area (Å²) >= 11 is 0. The molecule has 15 rings (SSSR count). The number of aryl methyl sites for hydroxylation is 7. The summed E-state index contributed by atoms with van der Waals surface area (Å²) < 4.78 is 0. The monoisotopic (exact) mass is 2410 g/mol. The van der Waals surface area contributed by atoms with Crippen LogP contribution in [0.15, 0.2) is 346 Å². The number of rotatable bonds is 12. The van der Waals surface area contributed by atoms with Crippen LogP contribution in [-0.4, -0.2) is 46.7 Å². The Hall–Kier alpha value is -10.4. The summed E-state index contributed by atoms with van der Waals surface area (Å²) in [6.45, 7) is 20.4. The Balaban J connectivity index is 0.000000290. The molecule has 0 fully saturated rings. The Labute approximate surface area is 752 Å². The van der Waals surface area contributed by atoms with Gasteiger partial charge in [-0.05, 0) is 181 Å². The molecule has 14 heteroatoms. The van der Waals surface area contributed by atoms with Gasteiger partial charge in [0.1, 0.15) is 0 Å². The first-order valence-electron chi connectivity index (χ1n) is 36.5. The molecule has 5 heterocycles. The van der Waals surface area contributed by atoms with Gasteiger partial charge in [0.05, 0.1) is 11.5 Å². The van der Waals surface area contributed by atoms with Crippen LogP contribution in [0.3, 0.4) is 0 Å². The molecular formula is C102H90Ir5N5O4-5. The zero-order chi connectivity index (χ0) is 78.9. The number of hydrogen-bond donors (Lipinski definition) is 2. The first-order chi connectivity index (χ1) is 53.7. The summed E-state index contributed by atoms with van der Waals surface area (Å²) in [6, 6.07) is 115. The molecule has 0 unspecified atom stereocenters. The van der Waals surface area contributed by atoms with E-state index in [0.717, 1.165) is 56.3 Å². The van der Waals surface area contributed by atoms with Crippen LogP contribution < -0.4 is 0 Å². The van der Waals surface area contributed by atoms with E-state index in [9.17, 15) is 9.59 Å². The van der Waals surface area contributed by atoms with Crippen molar-refractivity contribution in [3.8, 4) is 112 Å². The minimum atomic E-state index is -0.125. The molecular weight excluding hydrogens is 2320 g/mol. The van der Waals surface area contributed by atoms with Crippen LogP contribution in [0.1, 0.15) is 66.6 Å². The van der Waals surface area contributed by atoms with Gasteiger partial charge < -0.3 is 35.1 Å². The molecule has 0 aliphatic rings. The molecule has 597 valence electrons. The summed E-state index contributed by atoms with van der Waals surface area (Å²) in [5.41, 5.74) is 30.8. The normalized spacial score (nSPS) is 10.1. The van der Waals surface area contributed by atoms with Crippen molar-refractivity contribution in [2.75, 3.05) is 0 Å². The van der Waals surface area contributed by atoms with Crippen LogP contribution in [0.2, 0.25) is 0 Å². The summed E-state index contributed by atoms with van der Waals surface area (Å²) in [5.74, 6) is -0.125. The number of pyridine rings is 5. The van der Waals surface area contributed by atoms with E-state index in [1.54, 1.807) is 0 Å². The summed E-state index contributed by atoms with van der Waals surface area (Å²) in [6.07, 6.45) is 11.6. The van der Waals surface area contributed by atoms with Crippen LogP contribution in [0.4, 0.5) is 0 Å². The molecule has 10 aromatic carbocycles. The fourth-order valence-corrected chi connectivity index (χ4v) is 11.5. The number of ketones is 2. The summed E-state index contributed by atoms with van der Waals surface area (Å²) in [5, 5.41) is 16.7. The van der Waals surface area contributed by atoms with Gasteiger partial charge in [0.2, 0.25) is 0 Å². The van der Waals surface area contributed by atoms with E-state index in [4.69, 9.17) is 10.2 Å². The first kappa shape index (κ1) is 98.0. The largest absolute Gasteiger partial charge is 0.512 e. The Bertz CT molecular complexity index is 5360. The van der Waals surface area contributed by atoms with E-state index in [2.05, 4.69) is 249 Å². The van der Waals surface area contributed by atoms with E-state index in [1.165, 1.54) is 134 Å². The zero-order valence-electron chi connectivity index (χ0n) is 66.4. The van der Waals surface area contributed by atoms with Crippen molar-refractivity contribution in [1.29, 1.82) is 0 Å². The predicted octanol–water partition coefficient (Wildman–Crippen LogP) is 25.3. The van der Waals surface area contributed by atoms with Gasteiger partial charge in [-0.25, -0.2) is 0 Å². The molecule has 0 atom stereocenters. The van der Waals surface area contributed by atoms with E-state index in [-0.39, 0.29) is 124 Å². The summed E-state index contributed by atoms with van der Waals surface area (Å²) in [4.78, 5) is 42.2. The molecule has 0 bridgehead atoms. The van der Waals surface area contributed by atoms with Crippen molar-refractivity contribution < 1.29 is 120 Å². The molecule has 0 spiro atoms. The van der Waals surface area contributed by atoms with Gasteiger partial charge in [-0.15, -0.1) is 178 Å². The van der Waals surface area contributed by atoms with E-state index < -0.39 is 0 Å². The molecule has 0 saturated carbocycles. The fourth-order valence-electron chi connectivity index (χ4n) is 11.5. The van der Waals surface area contributed by atoms with Crippen LogP contribution in [0, 0.1) is 78.8 Å². The number of aromatic nitrogens is 5. The minimum Gasteiger partial charge on any atom is -0.512 e. The maximum atomic E-state index is 10.0. The summed E-state index contributed by atoms with van der Waals surface area (Å²) in [7, 11) is 0. The maximum Gasteiger partial charge on any atom is 0.155 e. The molecule has 0 aliphatic carbocycles. The van der Waals surface area contributed by atoms with Gasteiger partial charge in [0.25, 0.3) is 0 Å². The third-order valence-electron chi connectivity index (χ3n) is 17.0. The number of carbonyl (C=O) groups excluding carboxylic acids is 2. The third-order valence-corrected chi connectivity index (χ3v) is 17.0. The molecule has 9 nitrogen and oxygen atoms in total. The molecule has 2 N–H and O–H groups in total. The van der Waals surface area contributed by atoms with Crippen molar-refractivity contribution in [2.45, 2.75) is 76.2 Å². The van der Waals surface area contributed by atoms with Crippen LogP contribution in [0.5, 0.6) is 0 Å². The Morgan fingerprint density at radius 3 is 0.879 bits per heavy atom. The zero-order valence-corrected chi connectivity index (χ0v) is 78.3. The van der Waals surface area contributed by atoms with E-state index in [0.29, 0.717) is 0 Å². The second-order valence-electron chi connectivity index (χ2n) is 26.6. The smallest absolute Gasteiger partial charge is 0.155 e. The average Bonchev–Trinajstić information content (AvgIpc) is 0.858. The molecule has 15 aromatic rings. The number of allylic oxidation sites excluding steroid dienone is 4. The van der Waals surface area contributed by atoms with Crippen molar-refractivity contribution in [3.63, 3.8) is 0 Å². The molecule has 5 aromatic heterocycles. The van der Waals surface area contributed by atoms with E-state index in [1.807, 2.05) is 177 Å². The molecule has 5 radical (unpaired) electrons. The maximum absolute atomic E-state index is 10.0. The Morgan fingerprint density at radius 2 is 0.578 bits per heavy atom. The first-order valence-corrected chi connectivity index (χ1v) is 36.5. The minimum absolute atomic E-state index is 0. The number of carbonyl (C=O) groups is 2. The number of aliphatic hydroxyl groups is 2. The Kier molecular flexibility index (Phi) is 43.5. The van der Waals surface area contributed by atoms with Crippen molar-refractivity contribution >= 4 is 11.6 Å². The van der Waals surface area contributed by atoms with Gasteiger partial charge in [-0.2, -0.15) is 0 Å². The second kappa shape index (κ2) is 51.5. The van der Waals surface area contributed by atoms with Gasteiger partial charge in [0.15, 0.2) is 11.6 Å². The average molecular weight is 2410 g/mol. The van der Waals surface area contributed by atoms with E-state index >= 15 is 0 Å². The predicted molar refractivity (Wildman–Crippen MR) is 457 cm³/mol. The number of nitrogens with zero attached hydrogens (tertiary/aromatic N) is 5. The molecule has 0 saturated heterocycles. The van der Waals surface area contributed by atoms with Gasteiger partial charge in [-0.3, -0.25) is 9.59 Å². The van der Waals surface area contributed by atoms with Crippen LogP contribution in [-0.2, 0) is 110 Å². The van der Waals surface area contributed by atoms with Gasteiger partial charge in [-0.1, -0.05) is 190 Å². The van der Waals surface area contributed by atoms with Gasteiger partial charge >= 0.3 is 0 Å². The number of hydrogen-bond acceptors (Lipinski definition) is 9.